The van der Waals surface area contributed by atoms with Crippen LogP contribution >= 0.6 is 0 Å². The van der Waals surface area contributed by atoms with E-state index < -0.39 is 11.5 Å². The number of benzene rings is 2. The summed E-state index contributed by atoms with van der Waals surface area (Å²) in [5.41, 5.74) is -0.969. The van der Waals surface area contributed by atoms with Gasteiger partial charge < -0.3 is 15.2 Å². The van der Waals surface area contributed by atoms with E-state index in [-0.39, 0.29) is 6.61 Å². The van der Waals surface area contributed by atoms with E-state index in [4.69, 9.17) is 4.74 Å². The maximum atomic E-state index is 12.0. The zero-order chi connectivity index (χ0) is 14.4. The Morgan fingerprint density at radius 1 is 1.10 bits per heavy atom. The number of para-hydroxylation sites is 2. The normalized spacial score (nSPS) is 13.3. The third-order valence-corrected chi connectivity index (χ3v) is 2.78. The predicted octanol–water partition coefficient (Wildman–Crippen LogP) is 2.46. The minimum atomic E-state index is -1.61. The molecule has 0 bridgehead atoms. The van der Waals surface area contributed by atoms with Gasteiger partial charge in [0.15, 0.2) is 5.60 Å². The topological polar surface area (TPSA) is 58.6 Å². The van der Waals surface area contributed by atoms with Gasteiger partial charge in [0, 0.05) is 5.69 Å². The van der Waals surface area contributed by atoms with E-state index in [0.717, 1.165) is 0 Å². The Balaban J connectivity index is 1.94. The number of carbonyl (C=O) groups excluding carboxylic acids is 1. The molecule has 2 aromatic carbocycles. The van der Waals surface area contributed by atoms with Crippen molar-refractivity contribution >= 4 is 11.6 Å². The average molecular weight is 271 g/mol. The first-order valence-electron chi connectivity index (χ1n) is 6.35. The first-order chi connectivity index (χ1) is 9.58. The summed E-state index contributed by atoms with van der Waals surface area (Å²) in [6, 6.07) is 18.0. The van der Waals surface area contributed by atoms with Gasteiger partial charge in [0.25, 0.3) is 5.91 Å². The van der Waals surface area contributed by atoms with Crippen LogP contribution in [0.5, 0.6) is 5.75 Å². The molecule has 104 valence electrons. The quantitative estimate of drug-likeness (QED) is 0.878. The number of nitrogens with one attached hydrogen (secondary N) is 1. The van der Waals surface area contributed by atoms with E-state index in [1.165, 1.54) is 6.92 Å². The molecule has 0 spiro atoms. The highest BCUT2D eigenvalue weighted by molar-refractivity contribution is 5.96. The fourth-order valence-electron chi connectivity index (χ4n) is 1.59. The molecule has 0 radical (unpaired) electrons. The molecule has 1 atom stereocenters. The van der Waals surface area contributed by atoms with Crippen molar-refractivity contribution in [2.75, 3.05) is 11.9 Å². The summed E-state index contributed by atoms with van der Waals surface area (Å²) in [7, 11) is 0. The summed E-state index contributed by atoms with van der Waals surface area (Å²) < 4.78 is 5.42. The monoisotopic (exact) mass is 271 g/mol. The lowest BCUT2D eigenvalue weighted by Gasteiger charge is -2.22. The van der Waals surface area contributed by atoms with E-state index in [0.29, 0.717) is 11.4 Å². The van der Waals surface area contributed by atoms with E-state index >= 15 is 0 Å². The largest absolute Gasteiger partial charge is 0.490 e. The molecule has 2 N–H and O–H groups in total. The molecule has 0 saturated carbocycles. The highest BCUT2D eigenvalue weighted by atomic mass is 16.5. The molecular formula is C16H17NO3. The van der Waals surface area contributed by atoms with Gasteiger partial charge in [-0.1, -0.05) is 36.4 Å². The Bertz CT molecular complexity index is 552. The highest BCUT2D eigenvalue weighted by Crippen LogP contribution is 2.14. The molecule has 2 rings (SSSR count). The zero-order valence-corrected chi connectivity index (χ0v) is 11.2. The minimum absolute atomic E-state index is 0.115. The van der Waals surface area contributed by atoms with Crippen molar-refractivity contribution in [1.82, 2.24) is 0 Å². The lowest BCUT2D eigenvalue weighted by Crippen LogP contribution is -2.45. The first kappa shape index (κ1) is 14.1. The number of rotatable bonds is 5. The third kappa shape index (κ3) is 3.83. The SMILES string of the molecule is C[C@](O)(COc1ccccc1)C(=O)Nc1ccccc1. The fourth-order valence-corrected chi connectivity index (χ4v) is 1.59. The lowest BCUT2D eigenvalue weighted by atomic mass is 10.1. The second kappa shape index (κ2) is 6.21. The summed E-state index contributed by atoms with van der Waals surface area (Å²) in [5, 5.41) is 12.8. The van der Waals surface area contributed by atoms with Crippen molar-refractivity contribution in [3.8, 4) is 5.75 Å². The Labute approximate surface area is 118 Å². The van der Waals surface area contributed by atoms with Crippen molar-refractivity contribution < 1.29 is 14.6 Å². The Morgan fingerprint density at radius 3 is 2.25 bits per heavy atom. The van der Waals surface area contributed by atoms with Crippen LogP contribution in [0.15, 0.2) is 60.7 Å². The number of carbonyl (C=O) groups is 1. The van der Waals surface area contributed by atoms with Gasteiger partial charge in [-0.15, -0.1) is 0 Å². The molecular weight excluding hydrogens is 254 g/mol. The van der Waals surface area contributed by atoms with Gasteiger partial charge in [-0.05, 0) is 31.2 Å². The molecule has 4 heteroatoms. The maximum Gasteiger partial charge on any atom is 0.259 e. The van der Waals surface area contributed by atoms with Crippen LogP contribution in [0.25, 0.3) is 0 Å². The van der Waals surface area contributed by atoms with Crippen LogP contribution in [0.2, 0.25) is 0 Å². The molecule has 0 fully saturated rings. The van der Waals surface area contributed by atoms with Crippen LogP contribution < -0.4 is 10.1 Å². The van der Waals surface area contributed by atoms with Gasteiger partial charge in [-0.3, -0.25) is 4.79 Å². The number of amides is 1. The number of aliphatic hydroxyl groups is 1. The highest BCUT2D eigenvalue weighted by Gasteiger charge is 2.31. The second-order valence-electron chi connectivity index (χ2n) is 4.70. The molecule has 20 heavy (non-hydrogen) atoms. The predicted molar refractivity (Wildman–Crippen MR) is 77.6 cm³/mol. The smallest absolute Gasteiger partial charge is 0.259 e. The van der Waals surface area contributed by atoms with E-state index in [2.05, 4.69) is 5.32 Å². The van der Waals surface area contributed by atoms with Crippen LogP contribution in [0.4, 0.5) is 5.69 Å². The third-order valence-electron chi connectivity index (χ3n) is 2.78. The number of hydrogen-bond acceptors (Lipinski definition) is 3. The first-order valence-corrected chi connectivity index (χ1v) is 6.35. The summed E-state index contributed by atoms with van der Waals surface area (Å²) >= 11 is 0. The maximum absolute atomic E-state index is 12.0. The zero-order valence-electron chi connectivity index (χ0n) is 11.2. The van der Waals surface area contributed by atoms with Gasteiger partial charge >= 0.3 is 0 Å². The molecule has 0 unspecified atom stereocenters. The standard InChI is InChI=1S/C16H17NO3/c1-16(19,12-20-14-10-6-3-7-11-14)15(18)17-13-8-4-2-5-9-13/h2-11,19H,12H2,1H3,(H,17,18)/t16-/m0/s1. The molecule has 0 aliphatic heterocycles. The number of anilines is 1. The van der Waals surface area contributed by atoms with Crippen LogP contribution in [0, 0.1) is 0 Å². The number of hydrogen-bond donors (Lipinski definition) is 2. The van der Waals surface area contributed by atoms with Crippen molar-refractivity contribution in [2.24, 2.45) is 0 Å². The Morgan fingerprint density at radius 2 is 1.65 bits per heavy atom. The molecule has 0 saturated heterocycles. The minimum Gasteiger partial charge on any atom is -0.490 e. The van der Waals surface area contributed by atoms with Gasteiger partial charge in [0.05, 0.1) is 0 Å². The van der Waals surface area contributed by atoms with Crippen LogP contribution in [-0.4, -0.2) is 23.2 Å². The summed E-state index contributed by atoms with van der Waals surface area (Å²) in [4.78, 5) is 12.0. The molecule has 1 amide bonds. The second-order valence-corrected chi connectivity index (χ2v) is 4.70. The average Bonchev–Trinajstić information content (AvgIpc) is 2.47. The summed E-state index contributed by atoms with van der Waals surface area (Å²) in [5.74, 6) is 0.111. The van der Waals surface area contributed by atoms with Gasteiger partial charge in [-0.25, -0.2) is 0 Å². The summed E-state index contributed by atoms with van der Waals surface area (Å²) in [6.07, 6.45) is 0. The van der Waals surface area contributed by atoms with Crippen LogP contribution in [0.1, 0.15) is 6.92 Å². The van der Waals surface area contributed by atoms with Crippen molar-refractivity contribution in [3.05, 3.63) is 60.7 Å². The molecule has 2 aromatic rings. The Hall–Kier alpha value is -2.33. The fraction of sp³-hybridized carbons (Fsp3) is 0.188. The lowest BCUT2D eigenvalue weighted by molar-refractivity contribution is -0.135. The van der Waals surface area contributed by atoms with E-state index in [1.54, 1.807) is 24.3 Å². The molecule has 0 aromatic heterocycles. The van der Waals surface area contributed by atoms with Crippen molar-refractivity contribution in [2.45, 2.75) is 12.5 Å². The van der Waals surface area contributed by atoms with Gasteiger partial charge in [-0.2, -0.15) is 0 Å². The van der Waals surface area contributed by atoms with Gasteiger partial charge in [0.2, 0.25) is 0 Å². The van der Waals surface area contributed by atoms with Gasteiger partial charge in [0.1, 0.15) is 12.4 Å². The number of ether oxygens (including phenoxy) is 1. The van der Waals surface area contributed by atoms with E-state index in [9.17, 15) is 9.90 Å². The van der Waals surface area contributed by atoms with E-state index in [1.807, 2.05) is 36.4 Å². The van der Waals surface area contributed by atoms with Crippen molar-refractivity contribution in [1.29, 1.82) is 0 Å². The molecule has 0 aliphatic rings. The van der Waals surface area contributed by atoms with Crippen LogP contribution in [0.3, 0.4) is 0 Å². The summed E-state index contributed by atoms with van der Waals surface area (Å²) in [6.45, 7) is 1.31. The van der Waals surface area contributed by atoms with Crippen LogP contribution in [-0.2, 0) is 4.79 Å². The Kier molecular flexibility index (Phi) is 4.38. The molecule has 0 heterocycles. The molecule has 0 aliphatic carbocycles. The van der Waals surface area contributed by atoms with Crippen molar-refractivity contribution in [3.63, 3.8) is 0 Å². The molecule has 4 nitrogen and oxygen atoms in total.